The van der Waals surface area contributed by atoms with Crippen LogP contribution in [0.4, 0.5) is 0 Å². The summed E-state index contributed by atoms with van der Waals surface area (Å²) >= 11 is 0. The summed E-state index contributed by atoms with van der Waals surface area (Å²) in [6, 6.07) is 0. The standard InChI is InChI=1S/C11H18O3/c1-13-10-6-7-3-4-8(10)5-9(7)11(12)14-2/h7-10H,3-6H2,1-2H3/t7-,8+,9+,10-/m0/s1. The molecule has 0 aromatic carbocycles. The molecule has 0 radical (unpaired) electrons. The minimum Gasteiger partial charge on any atom is -0.469 e. The lowest BCUT2D eigenvalue weighted by Gasteiger charge is -2.45. The van der Waals surface area contributed by atoms with Gasteiger partial charge in [-0.1, -0.05) is 0 Å². The number of ether oxygens (including phenoxy) is 2. The van der Waals surface area contributed by atoms with E-state index in [1.54, 1.807) is 7.11 Å². The zero-order chi connectivity index (χ0) is 10.1. The van der Waals surface area contributed by atoms with E-state index in [1.165, 1.54) is 20.0 Å². The van der Waals surface area contributed by atoms with Crippen molar-refractivity contribution < 1.29 is 14.3 Å². The van der Waals surface area contributed by atoms with Gasteiger partial charge in [0.05, 0.1) is 19.1 Å². The minimum atomic E-state index is -0.0192. The number of methoxy groups -OCH3 is 2. The van der Waals surface area contributed by atoms with Crippen molar-refractivity contribution in [3.05, 3.63) is 0 Å². The first kappa shape index (κ1) is 9.97. The summed E-state index contributed by atoms with van der Waals surface area (Å²) in [5.74, 6) is 1.20. The van der Waals surface area contributed by atoms with Gasteiger partial charge in [-0.15, -0.1) is 0 Å². The zero-order valence-electron chi connectivity index (χ0n) is 8.86. The largest absolute Gasteiger partial charge is 0.469 e. The Morgan fingerprint density at radius 2 is 1.86 bits per heavy atom. The molecular weight excluding hydrogens is 180 g/mol. The molecule has 2 bridgehead atoms. The highest BCUT2D eigenvalue weighted by molar-refractivity contribution is 5.73. The Hall–Kier alpha value is -0.570. The van der Waals surface area contributed by atoms with Gasteiger partial charge in [-0.25, -0.2) is 0 Å². The first-order chi connectivity index (χ1) is 6.76. The summed E-state index contributed by atoms with van der Waals surface area (Å²) in [4.78, 5) is 11.5. The Bertz CT molecular complexity index is 227. The minimum absolute atomic E-state index is 0.0192. The average molecular weight is 198 g/mol. The summed E-state index contributed by atoms with van der Waals surface area (Å²) in [6.45, 7) is 0. The smallest absolute Gasteiger partial charge is 0.308 e. The number of carbonyl (C=O) groups is 1. The third kappa shape index (κ3) is 1.54. The fraction of sp³-hybridized carbons (Fsp3) is 0.909. The zero-order valence-corrected chi connectivity index (χ0v) is 8.86. The van der Waals surface area contributed by atoms with Crippen molar-refractivity contribution in [2.75, 3.05) is 14.2 Å². The van der Waals surface area contributed by atoms with Crippen molar-refractivity contribution in [1.82, 2.24) is 0 Å². The number of fused-ring (bicyclic) bond motifs is 3. The summed E-state index contributed by atoms with van der Waals surface area (Å²) in [5, 5.41) is 0. The highest BCUT2D eigenvalue weighted by atomic mass is 16.5. The molecule has 14 heavy (non-hydrogen) atoms. The van der Waals surface area contributed by atoms with E-state index in [2.05, 4.69) is 0 Å². The molecule has 0 saturated heterocycles. The van der Waals surface area contributed by atoms with Gasteiger partial charge in [0.1, 0.15) is 0 Å². The Morgan fingerprint density at radius 1 is 1.14 bits per heavy atom. The first-order valence-corrected chi connectivity index (χ1v) is 5.37. The van der Waals surface area contributed by atoms with Crippen LogP contribution in [0.25, 0.3) is 0 Å². The molecule has 0 aromatic rings. The Balaban J connectivity index is 2.04. The Kier molecular flexibility index (Phi) is 2.77. The van der Waals surface area contributed by atoms with Crippen molar-refractivity contribution in [2.45, 2.75) is 31.8 Å². The number of hydrogen-bond donors (Lipinski definition) is 0. The van der Waals surface area contributed by atoms with Gasteiger partial charge >= 0.3 is 5.97 Å². The van der Waals surface area contributed by atoms with Crippen LogP contribution < -0.4 is 0 Å². The lowest BCUT2D eigenvalue weighted by atomic mass is 9.63. The Labute approximate surface area is 84.8 Å². The second-order valence-electron chi connectivity index (χ2n) is 4.47. The van der Waals surface area contributed by atoms with Crippen LogP contribution in [0, 0.1) is 17.8 Å². The van der Waals surface area contributed by atoms with E-state index < -0.39 is 0 Å². The molecule has 80 valence electrons. The van der Waals surface area contributed by atoms with E-state index in [1.807, 2.05) is 0 Å². The molecule has 3 aliphatic carbocycles. The van der Waals surface area contributed by atoms with Crippen LogP contribution in [0.15, 0.2) is 0 Å². The van der Waals surface area contributed by atoms with Crippen molar-refractivity contribution in [1.29, 1.82) is 0 Å². The summed E-state index contributed by atoms with van der Waals surface area (Å²) in [5.41, 5.74) is 0. The molecule has 3 rings (SSSR count). The molecule has 3 nitrogen and oxygen atoms in total. The quantitative estimate of drug-likeness (QED) is 0.632. The van der Waals surface area contributed by atoms with E-state index in [-0.39, 0.29) is 11.9 Å². The van der Waals surface area contributed by atoms with Gasteiger partial charge in [-0.2, -0.15) is 0 Å². The number of carbonyl (C=O) groups excluding carboxylic acids is 1. The van der Waals surface area contributed by atoms with Gasteiger partial charge in [-0.05, 0) is 37.5 Å². The molecule has 0 unspecified atom stereocenters. The molecule has 3 fully saturated rings. The van der Waals surface area contributed by atoms with Crippen molar-refractivity contribution in [2.24, 2.45) is 17.8 Å². The molecule has 0 spiro atoms. The molecule has 0 heterocycles. The molecule has 3 saturated carbocycles. The van der Waals surface area contributed by atoms with Gasteiger partial charge in [0.15, 0.2) is 0 Å². The maximum Gasteiger partial charge on any atom is 0.308 e. The SMILES string of the molecule is COC(=O)[C@@H]1C[C@H]2CC[C@H]1C[C@@H]2OC. The molecule has 3 aliphatic rings. The Morgan fingerprint density at radius 3 is 2.36 bits per heavy atom. The van der Waals surface area contributed by atoms with E-state index in [0.29, 0.717) is 17.9 Å². The van der Waals surface area contributed by atoms with Crippen LogP contribution >= 0.6 is 0 Å². The van der Waals surface area contributed by atoms with Crippen LogP contribution in [0.1, 0.15) is 25.7 Å². The van der Waals surface area contributed by atoms with E-state index in [4.69, 9.17) is 9.47 Å². The van der Waals surface area contributed by atoms with E-state index in [0.717, 1.165) is 12.8 Å². The lowest BCUT2D eigenvalue weighted by Crippen LogP contribution is -2.44. The maximum atomic E-state index is 11.5. The van der Waals surface area contributed by atoms with Crippen LogP contribution in [-0.2, 0) is 14.3 Å². The predicted molar refractivity (Wildman–Crippen MR) is 51.8 cm³/mol. The normalized spacial score (nSPS) is 41.0. The van der Waals surface area contributed by atoms with Crippen molar-refractivity contribution in [3.8, 4) is 0 Å². The molecular formula is C11H18O3. The molecule has 0 aliphatic heterocycles. The highest BCUT2D eigenvalue weighted by Gasteiger charge is 2.45. The summed E-state index contributed by atoms with van der Waals surface area (Å²) < 4.78 is 10.3. The van der Waals surface area contributed by atoms with Gasteiger partial charge in [-0.3, -0.25) is 4.79 Å². The highest BCUT2D eigenvalue weighted by Crippen LogP contribution is 2.46. The molecule has 0 N–H and O–H groups in total. The summed E-state index contributed by atoms with van der Waals surface area (Å²) in [7, 11) is 3.26. The monoisotopic (exact) mass is 198 g/mol. The molecule has 0 amide bonds. The van der Waals surface area contributed by atoms with Crippen LogP contribution in [-0.4, -0.2) is 26.3 Å². The number of hydrogen-bond acceptors (Lipinski definition) is 3. The van der Waals surface area contributed by atoms with Gasteiger partial charge in [0.25, 0.3) is 0 Å². The fourth-order valence-corrected chi connectivity index (χ4v) is 3.11. The van der Waals surface area contributed by atoms with E-state index >= 15 is 0 Å². The average Bonchev–Trinajstić information content (AvgIpc) is 2.28. The van der Waals surface area contributed by atoms with Crippen molar-refractivity contribution in [3.63, 3.8) is 0 Å². The molecule has 0 aromatic heterocycles. The number of esters is 1. The topological polar surface area (TPSA) is 35.5 Å². The number of rotatable bonds is 2. The van der Waals surface area contributed by atoms with Gasteiger partial charge in [0.2, 0.25) is 0 Å². The maximum absolute atomic E-state index is 11.5. The molecule has 3 heteroatoms. The van der Waals surface area contributed by atoms with Gasteiger partial charge in [0, 0.05) is 7.11 Å². The third-order valence-corrected chi connectivity index (χ3v) is 3.90. The fourth-order valence-electron chi connectivity index (χ4n) is 3.11. The molecule has 4 atom stereocenters. The van der Waals surface area contributed by atoms with Crippen LogP contribution in [0.2, 0.25) is 0 Å². The van der Waals surface area contributed by atoms with Crippen LogP contribution in [0.5, 0.6) is 0 Å². The second kappa shape index (κ2) is 3.89. The third-order valence-electron chi connectivity index (χ3n) is 3.90. The second-order valence-corrected chi connectivity index (χ2v) is 4.47. The van der Waals surface area contributed by atoms with Crippen molar-refractivity contribution >= 4 is 5.97 Å². The lowest BCUT2D eigenvalue weighted by molar-refractivity contribution is -0.155. The summed E-state index contributed by atoms with van der Waals surface area (Å²) in [6.07, 6.45) is 4.78. The van der Waals surface area contributed by atoms with Crippen LogP contribution in [0.3, 0.4) is 0 Å². The first-order valence-electron chi connectivity index (χ1n) is 5.37. The van der Waals surface area contributed by atoms with Gasteiger partial charge < -0.3 is 9.47 Å². The predicted octanol–water partition coefficient (Wildman–Crippen LogP) is 1.61. The van der Waals surface area contributed by atoms with E-state index in [9.17, 15) is 4.79 Å².